The molecule has 0 spiro atoms. The van der Waals surface area contributed by atoms with Gasteiger partial charge in [-0.15, -0.1) is 0 Å². The van der Waals surface area contributed by atoms with Gasteiger partial charge in [0.05, 0.1) is 6.04 Å². The van der Waals surface area contributed by atoms with Crippen molar-refractivity contribution < 1.29 is 4.79 Å². The highest BCUT2D eigenvalue weighted by Gasteiger charge is 2.33. The standard InChI is InChI=1S/C11H19NO/c13-8-11-10(6-7-12-11)9-4-2-1-3-5-9/h8-12H,1-7H2/t10?,11-/m1/s1. The molecule has 0 amide bonds. The van der Waals surface area contributed by atoms with Gasteiger partial charge in [-0.2, -0.15) is 0 Å². The second-order valence-electron chi connectivity index (χ2n) is 4.47. The van der Waals surface area contributed by atoms with Crippen molar-refractivity contribution in [3.8, 4) is 0 Å². The van der Waals surface area contributed by atoms with Crippen molar-refractivity contribution in [3.05, 3.63) is 0 Å². The van der Waals surface area contributed by atoms with E-state index >= 15 is 0 Å². The molecule has 1 heterocycles. The molecule has 1 saturated carbocycles. The fourth-order valence-corrected chi connectivity index (χ4v) is 2.99. The third-order valence-corrected chi connectivity index (χ3v) is 3.72. The molecule has 1 N–H and O–H groups in total. The van der Waals surface area contributed by atoms with Gasteiger partial charge in [0.1, 0.15) is 6.29 Å². The van der Waals surface area contributed by atoms with Gasteiger partial charge in [0.25, 0.3) is 0 Å². The maximum absolute atomic E-state index is 10.8. The Bertz CT molecular complexity index is 175. The molecule has 1 aliphatic heterocycles. The molecule has 2 aliphatic rings. The van der Waals surface area contributed by atoms with Gasteiger partial charge >= 0.3 is 0 Å². The van der Waals surface area contributed by atoms with Crippen LogP contribution in [0, 0.1) is 11.8 Å². The van der Waals surface area contributed by atoms with E-state index in [1.807, 2.05) is 0 Å². The van der Waals surface area contributed by atoms with Gasteiger partial charge in [-0.05, 0) is 24.8 Å². The van der Waals surface area contributed by atoms with Crippen LogP contribution in [0.2, 0.25) is 0 Å². The van der Waals surface area contributed by atoms with Crippen LogP contribution in [-0.2, 0) is 4.79 Å². The highest BCUT2D eigenvalue weighted by Crippen LogP contribution is 2.34. The molecule has 2 fully saturated rings. The number of hydrogen-bond donors (Lipinski definition) is 1. The molecule has 13 heavy (non-hydrogen) atoms. The molecule has 2 rings (SSSR count). The summed E-state index contributed by atoms with van der Waals surface area (Å²) in [6.45, 7) is 1.05. The zero-order chi connectivity index (χ0) is 9.10. The minimum absolute atomic E-state index is 0.170. The molecule has 2 atom stereocenters. The first-order valence-electron chi connectivity index (χ1n) is 5.60. The molecule has 2 heteroatoms. The minimum atomic E-state index is 0.170. The zero-order valence-electron chi connectivity index (χ0n) is 8.17. The molecule has 0 radical (unpaired) electrons. The first-order chi connectivity index (χ1) is 6.42. The fraction of sp³-hybridized carbons (Fsp3) is 0.909. The van der Waals surface area contributed by atoms with Gasteiger partial charge in [-0.1, -0.05) is 32.1 Å². The van der Waals surface area contributed by atoms with Crippen LogP contribution in [-0.4, -0.2) is 18.9 Å². The van der Waals surface area contributed by atoms with Crippen LogP contribution in [0.3, 0.4) is 0 Å². The highest BCUT2D eigenvalue weighted by molar-refractivity contribution is 5.58. The summed E-state index contributed by atoms with van der Waals surface area (Å²) in [6, 6.07) is 0.170. The van der Waals surface area contributed by atoms with Crippen molar-refractivity contribution in [1.82, 2.24) is 5.32 Å². The fourth-order valence-electron chi connectivity index (χ4n) is 2.99. The van der Waals surface area contributed by atoms with Crippen LogP contribution in [0.5, 0.6) is 0 Å². The summed E-state index contributed by atoms with van der Waals surface area (Å²) in [4.78, 5) is 10.8. The average Bonchev–Trinajstić information content (AvgIpc) is 2.67. The van der Waals surface area contributed by atoms with Crippen LogP contribution in [0.25, 0.3) is 0 Å². The lowest BCUT2D eigenvalue weighted by Gasteiger charge is -2.29. The Morgan fingerprint density at radius 3 is 2.54 bits per heavy atom. The molecule has 0 aromatic rings. The SMILES string of the molecule is O=C[C@H]1NCCC1C1CCCCC1. The number of aldehydes is 1. The molecular weight excluding hydrogens is 162 g/mol. The Kier molecular flexibility index (Phi) is 2.99. The molecule has 0 aromatic heterocycles. The van der Waals surface area contributed by atoms with E-state index in [4.69, 9.17) is 0 Å². The molecule has 0 aromatic carbocycles. The van der Waals surface area contributed by atoms with Gasteiger partial charge in [0.2, 0.25) is 0 Å². The normalized spacial score (nSPS) is 36.3. The number of carbonyl (C=O) groups is 1. The van der Waals surface area contributed by atoms with Gasteiger partial charge in [0, 0.05) is 0 Å². The summed E-state index contributed by atoms with van der Waals surface area (Å²) in [5.41, 5.74) is 0. The smallest absolute Gasteiger partial charge is 0.137 e. The summed E-state index contributed by atoms with van der Waals surface area (Å²) >= 11 is 0. The van der Waals surface area contributed by atoms with Crippen LogP contribution in [0.15, 0.2) is 0 Å². The minimum Gasteiger partial charge on any atom is -0.307 e. The molecule has 1 unspecified atom stereocenters. The number of nitrogens with one attached hydrogen (secondary N) is 1. The lowest BCUT2D eigenvalue weighted by Crippen LogP contribution is -2.33. The predicted molar refractivity (Wildman–Crippen MR) is 52.5 cm³/mol. The summed E-state index contributed by atoms with van der Waals surface area (Å²) in [7, 11) is 0. The van der Waals surface area contributed by atoms with E-state index in [1.165, 1.54) is 38.5 Å². The quantitative estimate of drug-likeness (QED) is 0.657. The predicted octanol–water partition coefficient (Wildman–Crippen LogP) is 1.74. The van der Waals surface area contributed by atoms with Crippen molar-refractivity contribution in [2.75, 3.05) is 6.54 Å². The molecule has 74 valence electrons. The first-order valence-corrected chi connectivity index (χ1v) is 5.60. The van der Waals surface area contributed by atoms with Crippen molar-refractivity contribution in [2.24, 2.45) is 11.8 Å². The number of rotatable bonds is 2. The lowest BCUT2D eigenvalue weighted by atomic mass is 9.77. The van der Waals surface area contributed by atoms with Crippen molar-refractivity contribution >= 4 is 6.29 Å². The molecule has 0 bridgehead atoms. The number of hydrogen-bond acceptors (Lipinski definition) is 2. The van der Waals surface area contributed by atoms with E-state index in [9.17, 15) is 4.79 Å². The lowest BCUT2D eigenvalue weighted by molar-refractivity contribution is -0.110. The van der Waals surface area contributed by atoms with Crippen LogP contribution in [0.1, 0.15) is 38.5 Å². The molecule has 2 nitrogen and oxygen atoms in total. The van der Waals surface area contributed by atoms with Crippen molar-refractivity contribution in [1.29, 1.82) is 0 Å². The van der Waals surface area contributed by atoms with Gasteiger partial charge in [0.15, 0.2) is 0 Å². The second-order valence-corrected chi connectivity index (χ2v) is 4.47. The Hall–Kier alpha value is -0.370. The molecule has 1 aliphatic carbocycles. The average molecular weight is 181 g/mol. The Balaban J connectivity index is 1.93. The maximum atomic E-state index is 10.8. The Labute approximate surface area is 80.1 Å². The molecular formula is C11H19NO. The first kappa shape index (κ1) is 9.20. The van der Waals surface area contributed by atoms with Crippen LogP contribution < -0.4 is 5.32 Å². The summed E-state index contributed by atoms with van der Waals surface area (Å²) in [5.74, 6) is 1.48. The highest BCUT2D eigenvalue weighted by atomic mass is 16.1. The van der Waals surface area contributed by atoms with Gasteiger partial charge in [-0.25, -0.2) is 0 Å². The monoisotopic (exact) mass is 181 g/mol. The summed E-state index contributed by atoms with van der Waals surface area (Å²) in [6.07, 6.45) is 9.22. The third-order valence-electron chi connectivity index (χ3n) is 3.72. The van der Waals surface area contributed by atoms with Crippen molar-refractivity contribution in [2.45, 2.75) is 44.6 Å². The van der Waals surface area contributed by atoms with E-state index in [1.54, 1.807) is 0 Å². The van der Waals surface area contributed by atoms with Gasteiger partial charge in [-0.3, -0.25) is 0 Å². The Morgan fingerprint density at radius 1 is 1.08 bits per heavy atom. The zero-order valence-corrected chi connectivity index (χ0v) is 8.17. The van der Waals surface area contributed by atoms with E-state index in [0.717, 1.165) is 18.7 Å². The van der Waals surface area contributed by atoms with Crippen LogP contribution >= 0.6 is 0 Å². The van der Waals surface area contributed by atoms with E-state index in [2.05, 4.69) is 5.32 Å². The van der Waals surface area contributed by atoms with E-state index < -0.39 is 0 Å². The van der Waals surface area contributed by atoms with E-state index in [0.29, 0.717) is 5.92 Å². The summed E-state index contributed by atoms with van der Waals surface area (Å²) < 4.78 is 0. The second kappa shape index (κ2) is 4.23. The third kappa shape index (κ3) is 1.93. The number of carbonyl (C=O) groups excluding carboxylic acids is 1. The van der Waals surface area contributed by atoms with Gasteiger partial charge < -0.3 is 10.1 Å². The Morgan fingerprint density at radius 2 is 1.85 bits per heavy atom. The largest absolute Gasteiger partial charge is 0.307 e. The van der Waals surface area contributed by atoms with Crippen LogP contribution in [0.4, 0.5) is 0 Å². The topological polar surface area (TPSA) is 29.1 Å². The van der Waals surface area contributed by atoms with E-state index in [-0.39, 0.29) is 6.04 Å². The maximum Gasteiger partial charge on any atom is 0.137 e. The van der Waals surface area contributed by atoms with Crippen molar-refractivity contribution in [3.63, 3.8) is 0 Å². The molecule has 1 saturated heterocycles. The summed E-state index contributed by atoms with van der Waals surface area (Å²) in [5, 5.41) is 3.29.